The van der Waals surface area contributed by atoms with Crippen LogP contribution in [0.2, 0.25) is 10.0 Å². The van der Waals surface area contributed by atoms with Crippen LogP contribution in [0.15, 0.2) is 58.3 Å². The average molecular weight is 395 g/mol. The Balaban J connectivity index is 1.58. The highest BCUT2D eigenvalue weighted by atomic mass is 35.5. The number of hydrogen-bond donors (Lipinski definition) is 1. The molecule has 0 bridgehead atoms. The lowest BCUT2D eigenvalue weighted by Gasteiger charge is -2.06. The monoisotopic (exact) mass is 394 g/mol. The van der Waals surface area contributed by atoms with E-state index in [0.29, 0.717) is 15.7 Å². The second-order valence-electron chi connectivity index (χ2n) is 4.83. The molecule has 0 spiro atoms. The van der Waals surface area contributed by atoms with Gasteiger partial charge in [0, 0.05) is 16.0 Å². The first-order valence-corrected chi connectivity index (χ1v) is 9.62. The molecule has 0 saturated heterocycles. The molecule has 122 valence electrons. The van der Waals surface area contributed by atoms with Crippen LogP contribution >= 0.6 is 46.3 Å². The van der Waals surface area contributed by atoms with Gasteiger partial charge in [-0.15, -0.1) is 11.3 Å². The molecular weight excluding hydrogens is 383 g/mol. The van der Waals surface area contributed by atoms with Crippen LogP contribution in [0.5, 0.6) is 0 Å². The van der Waals surface area contributed by atoms with Crippen molar-refractivity contribution in [2.45, 2.75) is 4.34 Å². The predicted octanol–water partition coefficient (Wildman–Crippen LogP) is 5.85. The van der Waals surface area contributed by atoms with Crippen molar-refractivity contribution in [1.82, 2.24) is 4.98 Å². The molecule has 1 amide bonds. The van der Waals surface area contributed by atoms with Crippen molar-refractivity contribution in [1.29, 1.82) is 0 Å². The molecule has 1 N–H and O–H groups in total. The van der Waals surface area contributed by atoms with Crippen LogP contribution in [-0.4, -0.2) is 16.6 Å². The van der Waals surface area contributed by atoms with Gasteiger partial charge in [-0.25, -0.2) is 4.98 Å². The fraction of sp³-hybridized carbons (Fsp3) is 0.0588. The number of benzene rings is 2. The highest BCUT2D eigenvalue weighted by Gasteiger charge is 2.10. The molecule has 7 heteroatoms. The number of thioether (sulfide) groups is 1. The topological polar surface area (TPSA) is 42.0 Å². The molecule has 0 unspecified atom stereocenters. The van der Waals surface area contributed by atoms with Crippen molar-refractivity contribution in [3.05, 3.63) is 64.0 Å². The Bertz CT molecular complexity index is 853. The zero-order valence-corrected chi connectivity index (χ0v) is 15.5. The summed E-state index contributed by atoms with van der Waals surface area (Å²) >= 11 is 14.8. The first kappa shape index (κ1) is 17.3. The molecule has 24 heavy (non-hydrogen) atoms. The SMILES string of the molecule is O=C(CSc1nc(-c2ccccc2)cs1)Nc1ccc(Cl)cc1Cl. The largest absolute Gasteiger partial charge is 0.324 e. The third kappa shape index (κ3) is 4.51. The van der Waals surface area contributed by atoms with E-state index in [1.54, 1.807) is 18.2 Å². The van der Waals surface area contributed by atoms with Gasteiger partial charge in [-0.3, -0.25) is 4.79 Å². The maximum atomic E-state index is 12.1. The molecule has 1 heterocycles. The van der Waals surface area contributed by atoms with Gasteiger partial charge in [0.2, 0.25) is 5.91 Å². The van der Waals surface area contributed by atoms with Crippen LogP contribution in [0.25, 0.3) is 11.3 Å². The number of carbonyl (C=O) groups is 1. The van der Waals surface area contributed by atoms with Crippen LogP contribution in [0.3, 0.4) is 0 Å². The molecule has 0 aliphatic carbocycles. The molecule has 0 saturated carbocycles. The summed E-state index contributed by atoms with van der Waals surface area (Å²) in [5, 5.41) is 5.71. The minimum absolute atomic E-state index is 0.138. The number of nitrogens with one attached hydrogen (secondary N) is 1. The lowest BCUT2D eigenvalue weighted by Crippen LogP contribution is -2.14. The maximum Gasteiger partial charge on any atom is 0.234 e. The third-order valence-corrected chi connectivity index (χ3v) is 5.65. The van der Waals surface area contributed by atoms with Crippen molar-refractivity contribution >= 4 is 57.9 Å². The molecule has 3 aromatic rings. The number of thiazole rings is 1. The summed E-state index contributed by atoms with van der Waals surface area (Å²) in [6.45, 7) is 0. The molecule has 2 aromatic carbocycles. The van der Waals surface area contributed by atoms with E-state index < -0.39 is 0 Å². The van der Waals surface area contributed by atoms with Crippen LogP contribution in [0, 0.1) is 0 Å². The number of anilines is 1. The fourth-order valence-corrected chi connectivity index (χ4v) is 4.06. The second-order valence-corrected chi connectivity index (χ2v) is 7.75. The van der Waals surface area contributed by atoms with E-state index in [0.717, 1.165) is 15.6 Å². The number of halogens is 2. The number of amides is 1. The quantitative estimate of drug-likeness (QED) is 0.551. The van der Waals surface area contributed by atoms with E-state index in [1.165, 1.54) is 23.1 Å². The van der Waals surface area contributed by atoms with E-state index >= 15 is 0 Å². The number of nitrogens with zero attached hydrogens (tertiary/aromatic N) is 1. The standard InChI is InChI=1S/C17H12Cl2N2OS2/c18-12-6-7-14(13(19)8-12)20-16(22)10-24-17-21-15(9-23-17)11-4-2-1-3-5-11/h1-9H,10H2,(H,20,22). The number of aromatic nitrogens is 1. The molecule has 3 rings (SSSR count). The Morgan fingerprint density at radius 3 is 2.71 bits per heavy atom. The fourth-order valence-electron chi connectivity index (χ4n) is 1.97. The minimum Gasteiger partial charge on any atom is -0.324 e. The van der Waals surface area contributed by atoms with Gasteiger partial charge in [0.15, 0.2) is 4.34 Å². The van der Waals surface area contributed by atoms with E-state index in [-0.39, 0.29) is 11.7 Å². The Labute approximate surface area is 158 Å². The zero-order valence-electron chi connectivity index (χ0n) is 12.3. The highest BCUT2D eigenvalue weighted by Crippen LogP contribution is 2.29. The summed E-state index contributed by atoms with van der Waals surface area (Å²) in [5.74, 6) is 0.126. The Morgan fingerprint density at radius 1 is 1.17 bits per heavy atom. The maximum absolute atomic E-state index is 12.1. The molecule has 0 radical (unpaired) electrons. The molecule has 0 aliphatic rings. The van der Waals surface area contributed by atoms with Crippen molar-refractivity contribution < 1.29 is 4.79 Å². The van der Waals surface area contributed by atoms with Gasteiger partial charge >= 0.3 is 0 Å². The normalized spacial score (nSPS) is 10.6. The van der Waals surface area contributed by atoms with Crippen molar-refractivity contribution in [2.75, 3.05) is 11.1 Å². The second kappa shape index (κ2) is 8.03. The van der Waals surface area contributed by atoms with Gasteiger partial charge in [0.1, 0.15) is 0 Å². The molecule has 0 atom stereocenters. The molecule has 0 fully saturated rings. The molecule has 0 aliphatic heterocycles. The van der Waals surface area contributed by atoms with Crippen LogP contribution in [-0.2, 0) is 4.79 Å². The Morgan fingerprint density at radius 2 is 1.96 bits per heavy atom. The lowest BCUT2D eigenvalue weighted by atomic mass is 10.2. The molecule has 1 aromatic heterocycles. The smallest absolute Gasteiger partial charge is 0.234 e. The average Bonchev–Trinajstić information content (AvgIpc) is 3.05. The highest BCUT2D eigenvalue weighted by molar-refractivity contribution is 8.01. The summed E-state index contributed by atoms with van der Waals surface area (Å²) in [6.07, 6.45) is 0. The number of rotatable bonds is 5. The lowest BCUT2D eigenvalue weighted by molar-refractivity contribution is -0.113. The van der Waals surface area contributed by atoms with Gasteiger partial charge in [0.25, 0.3) is 0 Å². The number of carbonyl (C=O) groups excluding carboxylic acids is 1. The van der Waals surface area contributed by atoms with E-state index in [9.17, 15) is 4.79 Å². The van der Waals surface area contributed by atoms with Crippen molar-refractivity contribution in [3.63, 3.8) is 0 Å². The van der Waals surface area contributed by atoms with Gasteiger partial charge in [-0.05, 0) is 18.2 Å². The summed E-state index contributed by atoms with van der Waals surface area (Å²) in [4.78, 5) is 16.6. The van der Waals surface area contributed by atoms with E-state index in [2.05, 4.69) is 10.3 Å². The van der Waals surface area contributed by atoms with Gasteiger partial charge in [-0.1, -0.05) is 65.3 Å². The van der Waals surface area contributed by atoms with Gasteiger partial charge < -0.3 is 5.32 Å². The first-order valence-electron chi connectivity index (χ1n) is 7.00. The summed E-state index contributed by atoms with van der Waals surface area (Å²) in [5.41, 5.74) is 2.54. The van der Waals surface area contributed by atoms with Crippen LogP contribution < -0.4 is 5.32 Å². The van der Waals surface area contributed by atoms with Gasteiger partial charge in [-0.2, -0.15) is 0 Å². The van der Waals surface area contributed by atoms with Crippen molar-refractivity contribution in [3.8, 4) is 11.3 Å². The minimum atomic E-state index is -0.138. The Kier molecular flexibility index (Phi) is 5.79. The first-order chi connectivity index (χ1) is 11.6. The van der Waals surface area contributed by atoms with Crippen molar-refractivity contribution in [2.24, 2.45) is 0 Å². The molecular formula is C17H12Cl2N2OS2. The van der Waals surface area contributed by atoms with E-state index in [1.807, 2.05) is 35.7 Å². The molecule has 3 nitrogen and oxygen atoms in total. The summed E-state index contributed by atoms with van der Waals surface area (Å²) in [6, 6.07) is 14.9. The Hall–Kier alpha value is -1.53. The third-order valence-electron chi connectivity index (χ3n) is 3.08. The summed E-state index contributed by atoms with van der Waals surface area (Å²) < 4.78 is 0.853. The van der Waals surface area contributed by atoms with Crippen LogP contribution in [0.4, 0.5) is 5.69 Å². The summed E-state index contributed by atoms with van der Waals surface area (Å²) in [7, 11) is 0. The zero-order chi connectivity index (χ0) is 16.9. The van der Waals surface area contributed by atoms with E-state index in [4.69, 9.17) is 23.2 Å². The number of hydrogen-bond acceptors (Lipinski definition) is 4. The predicted molar refractivity (Wildman–Crippen MR) is 103 cm³/mol. The van der Waals surface area contributed by atoms with Crippen LogP contribution in [0.1, 0.15) is 0 Å². The van der Waals surface area contributed by atoms with Gasteiger partial charge in [0.05, 0.1) is 22.2 Å².